The molecule has 0 bridgehead atoms. The van der Waals surface area contributed by atoms with Crippen LogP contribution < -0.4 is 14.2 Å². The van der Waals surface area contributed by atoms with Crippen LogP contribution >= 0.6 is 15.9 Å². The molecule has 0 amide bonds. The fraction of sp³-hybridized carbons (Fsp3) is 0.143. The monoisotopic (exact) mass is 364 g/mol. The molecule has 22 heavy (non-hydrogen) atoms. The first-order valence-electron chi connectivity index (χ1n) is 6.38. The van der Waals surface area contributed by atoms with Crippen molar-refractivity contribution < 1.29 is 23.0 Å². The minimum atomic E-state index is 0.147. The van der Waals surface area contributed by atoms with Crippen LogP contribution in [0.3, 0.4) is 0 Å². The van der Waals surface area contributed by atoms with Gasteiger partial charge in [0, 0.05) is 6.07 Å². The van der Waals surface area contributed by atoms with Crippen molar-refractivity contribution in [3.63, 3.8) is 0 Å². The third-order valence-electron chi connectivity index (χ3n) is 2.96. The van der Waals surface area contributed by atoms with E-state index in [4.69, 9.17) is 23.0 Å². The van der Waals surface area contributed by atoms with Crippen molar-refractivity contribution in [1.29, 1.82) is 0 Å². The van der Waals surface area contributed by atoms with Gasteiger partial charge in [-0.05, 0) is 40.2 Å². The summed E-state index contributed by atoms with van der Waals surface area (Å²) < 4.78 is 27.5. The van der Waals surface area contributed by atoms with Gasteiger partial charge in [0.15, 0.2) is 28.5 Å². The van der Waals surface area contributed by atoms with E-state index in [-0.39, 0.29) is 13.4 Å². The average Bonchev–Trinajstić information content (AvgIpc) is 3.24. The SMILES string of the molecule is Brc1ccc(-c2nnc(COc3ccc4c(c3)OCO4)o2)o1. The van der Waals surface area contributed by atoms with Crippen LogP contribution in [-0.4, -0.2) is 17.0 Å². The van der Waals surface area contributed by atoms with Crippen LogP contribution in [0.4, 0.5) is 0 Å². The molecule has 0 N–H and O–H groups in total. The maximum absolute atomic E-state index is 5.60. The van der Waals surface area contributed by atoms with Gasteiger partial charge in [-0.1, -0.05) is 0 Å². The van der Waals surface area contributed by atoms with Crippen LogP contribution in [0.15, 0.2) is 43.8 Å². The van der Waals surface area contributed by atoms with Crippen molar-refractivity contribution in [3.8, 4) is 28.9 Å². The predicted molar refractivity (Wildman–Crippen MR) is 76.6 cm³/mol. The van der Waals surface area contributed by atoms with Gasteiger partial charge in [-0.3, -0.25) is 0 Å². The zero-order valence-electron chi connectivity index (χ0n) is 11.1. The summed E-state index contributed by atoms with van der Waals surface area (Å²) in [5.74, 6) is 3.13. The number of rotatable bonds is 4. The van der Waals surface area contributed by atoms with E-state index in [0.29, 0.717) is 39.5 Å². The lowest BCUT2D eigenvalue weighted by Gasteiger charge is -2.03. The van der Waals surface area contributed by atoms with Crippen molar-refractivity contribution in [2.75, 3.05) is 6.79 Å². The molecule has 0 radical (unpaired) electrons. The molecule has 1 aliphatic rings. The molecule has 4 rings (SSSR count). The number of halogens is 1. The van der Waals surface area contributed by atoms with Crippen molar-refractivity contribution in [1.82, 2.24) is 10.2 Å². The van der Waals surface area contributed by atoms with Crippen molar-refractivity contribution in [2.24, 2.45) is 0 Å². The highest BCUT2D eigenvalue weighted by molar-refractivity contribution is 9.10. The molecule has 1 aliphatic heterocycles. The van der Waals surface area contributed by atoms with Gasteiger partial charge in [-0.2, -0.15) is 0 Å². The Morgan fingerprint density at radius 3 is 2.82 bits per heavy atom. The van der Waals surface area contributed by atoms with E-state index in [1.165, 1.54) is 0 Å². The Labute approximate surface area is 132 Å². The number of benzene rings is 1. The number of ether oxygens (including phenoxy) is 3. The predicted octanol–water partition coefficient (Wildman–Crippen LogP) is 3.40. The van der Waals surface area contributed by atoms with Crippen molar-refractivity contribution in [2.45, 2.75) is 6.61 Å². The Hall–Kier alpha value is -2.48. The highest BCUT2D eigenvalue weighted by atomic mass is 79.9. The highest BCUT2D eigenvalue weighted by Gasteiger charge is 2.15. The standard InChI is InChI=1S/C14H9BrN2O5/c15-12-4-3-10(21-12)14-17-16-13(22-14)6-18-8-1-2-9-11(5-8)20-7-19-9/h1-5H,6-7H2. The van der Waals surface area contributed by atoms with Crippen LogP contribution in [0.5, 0.6) is 17.2 Å². The molecule has 0 unspecified atom stereocenters. The molecule has 0 saturated carbocycles. The number of aromatic nitrogens is 2. The second kappa shape index (κ2) is 5.38. The fourth-order valence-electron chi connectivity index (χ4n) is 1.95. The quantitative estimate of drug-likeness (QED) is 0.701. The van der Waals surface area contributed by atoms with Crippen LogP contribution in [0, 0.1) is 0 Å². The van der Waals surface area contributed by atoms with E-state index >= 15 is 0 Å². The van der Waals surface area contributed by atoms with E-state index in [0.717, 1.165) is 0 Å². The minimum Gasteiger partial charge on any atom is -0.484 e. The van der Waals surface area contributed by atoms with Crippen LogP contribution in [0.25, 0.3) is 11.7 Å². The zero-order chi connectivity index (χ0) is 14.9. The normalized spacial score (nSPS) is 12.6. The summed E-state index contributed by atoms with van der Waals surface area (Å²) in [6.07, 6.45) is 0. The lowest BCUT2D eigenvalue weighted by atomic mass is 10.3. The summed E-state index contributed by atoms with van der Waals surface area (Å²) in [7, 11) is 0. The molecule has 0 atom stereocenters. The molecule has 8 heteroatoms. The Morgan fingerprint density at radius 2 is 1.95 bits per heavy atom. The Balaban J connectivity index is 1.45. The average molecular weight is 365 g/mol. The van der Waals surface area contributed by atoms with Crippen LogP contribution in [0.2, 0.25) is 0 Å². The summed E-state index contributed by atoms with van der Waals surface area (Å²) in [5, 5.41) is 7.83. The summed E-state index contributed by atoms with van der Waals surface area (Å²) in [6.45, 7) is 0.374. The summed E-state index contributed by atoms with van der Waals surface area (Å²) in [6, 6.07) is 8.82. The Morgan fingerprint density at radius 1 is 1.05 bits per heavy atom. The van der Waals surface area contributed by atoms with Crippen molar-refractivity contribution in [3.05, 3.63) is 40.9 Å². The highest BCUT2D eigenvalue weighted by Crippen LogP contribution is 2.35. The van der Waals surface area contributed by atoms with Gasteiger partial charge in [0.05, 0.1) is 0 Å². The molecule has 0 fully saturated rings. The zero-order valence-corrected chi connectivity index (χ0v) is 12.7. The molecular weight excluding hydrogens is 356 g/mol. The topological polar surface area (TPSA) is 79.8 Å². The maximum atomic E-state index is 5.60. The van der Waals surface area contributed by atoms with Crippen LogP contribution in [0.1, 0.15) is 5.89 Å². The molecule has 3 aromatic rings. The lowest BCUT2D eigenvalue weighted by molar-refractivity contribution is 0.173. The summed E-state index contributed by atoms with van der Waals surface area (Å²) in [5.41, 5.74) is 0. The smallest absolute Gasteiger partial charge is 0.283 e. The van der Waals surface area contributed by atoms with E-state index < -0.39 is 0 Å². The lowest BCUT2D eigenvalue weighted by Crippen LogP contribution is -1.95. The largest absolute Gasteiger partial charge is 0.484 e. The molecule has 2 aromatic heterocycles. The van der Waals surface area contributed by atoms with E-state index in [1.807, 2.05) is 0 Å². The number of hydrogen-bond donors (Lipinski definition) is 0. The fourth-order valence-corrected chi connectivity index (χ4v) is 2.26. The van der Waals surface area contributed by atoms with Crippen LogP contribution in [-0.2, 0) is 6.61 Å². The number of hydrogen-bond acceptors (Lipinski definition) is 7. The molecule has 7 nitrogen and oxygen atoms in total. The first-order valence-corrected chi connectivity index (χ1v) is 7.18. The Kier molecular flexibility index (Phi) is 3.23. The number of furan rings is 1. The van der Waals surface area contributed by atoms with Gasteiger partial charge in [-0.25, -0.2) is 0 Å². The number of fused-ring (bicyclic) bond motifs is 1. The third kappa shape index (κ3) is 2.52. The van der Waals surface area contributed by atoms with Gasteiger partial charge >= 0.3 is 0 Å². The third-order valence-corrected chi connectivity index (χ3v) is 3.38. The molecule has 0 aliphatic carbocycles. The van der Waals surface area contributed by atoms with Gasteiger partial charge in [0.2, 0.25) is 6.79 Å². The van der Waals surface area contributed by atoms with E-state index in [1.54, 1.807) is 30.3 Å². The minimum absolute atomic E-state index is 0.147. The summed E-state index contributed by atoms with van der Waals surface area (Å²) >= 11 is 3.22. The molecule has 0 saturated heterocycles. The van der Waals surface area contributed by atoms with Gasteiger partial charge in [0.1, 0.15) is 5.75 Å². The van der Waals surface area contributed by atoms with E-state index in [9.17, 15) is 0 Å². The van der Waals surface area contributed by atoms with Gasteiger partial charge < -0.3 is 23.0 Å². The molecule has 112 valence electrons. The number of nitrogens with zero attached hydrogens (tertiary/aromatic N) is 2. The van der Waals surface area contributed by atoms with Gasteiger partial charge in [-0.15, -0.1) is 10.2 Å². The maximum Gasteiger partial charge on any atom is 0.283 e. The molecule has 0 spiro atoms. The first kappa shape index (κ1) is 13.2. The van der Waals surface area contributed by atoms with Crippen molar-refractivity contribution >= 4 is 15.9 Å². The second-order valence-electron chi connectivity index (χ2n) is 4.41. The molecule has 1 aromatic carbocycles. The summed E-state index contributed by atoms with van der Waals surface area (Å²) in [4.78, 5) is 0. The van der Waals surface area contributed by atoms with E-state index in [2.05, 4.69) is 26.1 Å². The first-order chi connectivity index (χ1) is 10.8. The second-order valence-corrected chi connectivity index (χ2v) is 5.19. The molecule has 3 heterocycles. The Bertz CT molecular complexity index is 813. The van der Waals surface area contributed by atoms with Gasteiger partial charge in [0.25, 0.3) is 11.8 Å². The molecular formula is C14H9BrN2O5.